The van der Waals surface area contributed by atoms with Crippen molar-refractivity contribution >= 4 is 11.0 Å². The molecule has 0 bridgehead atoms. The summed E-state index contributed by atoms with van der Waals surface area (Å²) < 4.78 is 1.71. The van der Waals surface area contributed by atoms with Gasteiger partial charge in [-0.05, 0) is 26.8 Å². The lowest BCUT2D eigenvalue weighted by Crippen LogP contribution is -2.26. The third-order valence-electron chi connectivity index (χ3n) is 2.88. The van der Waals surface area contributed by atoms with E-state index in [0.29, 0.717) is 18.0 Å². The van der Waals surface area contributed by atoms with Crippen LogP contribution in [-0.2, 0) is 6.54 Å². The average molecular weight is 272 g/mol. The molecule has 0 amide bonds. The van der Waals surface area contributed by atoms with Gasteiger partial charge in [-0.15, -0.1) is 0 Å². The van der Waals surface area contributed by atoms with Gasteiger partial charge in [-0.3, -0.25) is 9.78 Å². The normalized spacial score (nSPS) is 12.2. The fourth-order valence-corrected chi connectivity index (χ4v) is 2.06. The van der Waals surface area contributed by atoms with Crippen molar-refractivity contribution in [2.24, 2.45) is 0 Å². The molecule has 2 N–H and O–H groups in total. The van der Waals surface area contributed by atoms with Gasteiger partial charge in [0.05, 0.1) is 23.2 Å². The molecule has 0 unspecified atom stereocenters. The molecule has 0 fully saturated rings. The van der Waals surface area contributed by atoms with Crippen LogP contribution < -0.4 is 0 Å². The van der Waals surface area contributed by atoms with E-state index < -0.39 is 5.60 Å². The number of aliphatic hydroxyl groups is 1. The van der Waals surface area contributed by atoms with E-state index in [1.165, 1.54) is 0 Å². The maximum atomic E-state index is 9.81. The highest BCUT2D eigenvalue weighted by molar-refractivity contribution is 5.88. The molecule has 3 heterocycles. The maximum Gasteiger partial charge on any atom is 0.184 e. The molecule has 3 aromatic heterocycles. The number of aromatic nitrogens is 6. The molecule has 0 aliphatic rings. The Hall–Kier alpha value is -2.28. The van der Waals surface area contributed by atoms with E-state index in [2.05, 4.69) is 25.3 Å². The van der Waals surface area contributed by atoms with Gasteiger partial charge >= 0.3 is 0 Å². The number of nitrogens with zero attached hydrogens (tertiary/aromatic N) is 5. The van der Waals surface area contributed by atoms with Crippen molar-refractivity contribution in [3.05, 3.63) is 24.3 Å². The zero-order valence-electron chi connectivity index (χ0n) is 11.6. The number of hydrogen-bond acceptors (Lipinski definition) is 5. The van der Waals surface area contributed by atoms with E-state index in [0.717, 1.165) is 16.8 Å². The van der Waals surface area contributed by atoms with Gasteiger partial charge in [0, 0.05) is 12.4 Å². The minimum Gasteiger partial charge on any atom is -0.389 e. The van der Waals surface area contributed by atoms with Crippen LogP contribution in [-0.4, -0.2) is 40.7 Å². The molecule has 0 radical (unpaired) electrons. The number of rotatable bonds is 3. The first kappa shape index (κ1) is 12.7. The van der Waals surface area contributed by atoms with Crippen LogP contribution in [0.5, 0.6) is 0 Å². The standard InChI is InChI=1S/C13H16N6O/c1-8-14-6-9-11(16-17-12(9)15-8)10-4-5-19(18-10)7-13(2,3)20/h4-6,20H,7H2,1-3H3,(H,14,15,16,17). The molecule has 0 atom stereocenters. The van der Waals surface area contributed by atoms with Gasteiger partial charge in [0.15, 0.2) is 5.65 Å². The van der Waals surface area contributed by atoms with Crippen molar-refractivity contribution in [3.8, 4) is 11.4 Å². The fraction of sp³-hybridized carbons (Fsp3) is 0.385. The Kier molecular flexibility index (Phi) is 2.79. The number of aryl methyl sites for hydroxylation is 1. The highest BCUT2D eigenvalue weighted by Crippen LogP contribution is 2.23. The minimum absolute atomic E-state index is 0.425. The van der Waals surface area contributed by atoms with Crippen LogP contribution in [0.3, 0.4) is 0 Å². The Morgan fingerprint density at radius 1 is 1.40 bits per heavy atom. The lowest BCUT2D eigenvalue weighted by Gasteiger charge is -2.16. The molecular formula is C13H16N6O. The van der Waals surface area contributed by atoms with E-state index in [9.17, 15) is 5.11 Å². The number of H-pyrrole nitrogens is 1. The Morgan fingerprint density at radius 2 is 2.20 bits per heavy atom. The largest absolute Gasteiger partial charge is 0.389 e. The molecule has 20 heavy (non-hydrogen) atoms. The first-order valence-corrected chi connectivity index (χ1v) is 6.36. The molecule has 104 valence electrons. The molecule has 3 rings (SSSR count). The molecule has 3 aromatic rings. The lowest BCUT2D eigenvalue weighted by molar-refractivity contribution is 0.0578. The molecule has 7 nitrogen and oxygen atoms in total. The third kappa shape index (κ3) is 2.39. The lowest BCUT2D eigenvalue weighted by atomic mass is 10.1. The summed E-state index contributed by atoms with van der Waals surface area (Å²) in [5.74, 6) is 0.683. The van der Waals surface area contributed by atoms with Gasteiger partial charge < -0.3 is 5.11 Å². The van der Waals surface area contributed by atoms with Crippen molar-refractivity contribution < 1.29 is 5.11 Å². The summed E-state index contributed by atoms with van der Waals surface area (Å²) in [5.41, 5.74) is 1.36. The summed E-state index contributed by atoms with van der Waals surface area (Å²) >= 11 is 0. The van der Waals surface area contributed by atoms with Crippen molar-refractivity contribution in [1.29, 1.82) is 0 Å². The van der Waals surface area contributed by atoms with Gasteiger partial charge in [-0.25, -0.2) is 9.97 Å². The second kappa shape index (κ2) is 4.38. The van der Waals surface area contributed by atoms with Crippen molar-refractivity contribution in [2.75, 3.05) is 0 Å². The zero-order valence-corrected chi connectivity index (χ0v) is 11.6. The van der Waals surface area contributed by atoms with Crippen LogP contribution in [0.15, 0.2) is 18.5 Å². The SMILES string of the molecule is Cc1ncc2c(-c3ccn(CC(C)(C)O)n3)[nH]nc2n1. The topological polar surface area (TPSA) is 92.5 Å². The second-order valence-corrected chi connectivity index (χ2v) is 5.46. The highest BCUT2D eigenvalue weighted by Gasteiger charge is 2.16. The predicted octanol–water partition coefficient (Wildman–Crippen LogP) is 1.30. The minimum atomic E-state index is -0.806. The van der Waals surface area contributed by atoms with E-state index in [1.807, 2.05) is 19.2 Å². The Bertz CT molecular complexity index is 752. The smallest absolute Gasteiger partial charge is 0.184 e. The van der Waals surface area contributed by atoms with Crippen LogP contribution in [0.4, 0.5) is 0 Å². The maximum absolute atomic E-state index is 9.81. The van der Waals surface area contributed by atoms with Gasteiger partial charge in [0.25, 0.3) is 0 Å². The van der Waals surface area contributed by atoms with E-state index in [1.54, 1.807) is 24.7 Å². The zero-order chi connectivity index (χ0) is 14.3. The number of nitrogens with one attached hydrogen (secondary N) is 1. The summed E-state index contributed by atoms with van der Waals surface area (Å²) in [4.78, 5) is 8.45. The van der Waals surface area contributed by atoms with E-state index in [4.69, 9.17) is 0 Å². The Labute approximate surface area is 115 Å². The predicted molar refractivity (Wildman–Crippen MR) is 73.9 cm³/mol. The summed E-state index contributed by atoms with van der Waals surface area (Å²) in [6.07, 6.45) is 3.57. The van der Waals surface area contributed by atoms with Crippen LogP contribution in [0.2, 0.25) is 0 Å². The quantitative estimate of drug-likeness (QED) is 0.749. The highest BCUT2D eigenvalue weighted by atomic mass is 16.3. The molecule has 7 heteroatoms. The Morgan fingerprint density at radius 3 is 2.95 bits per heavy atom. The second-order valence-electron chi connectivity index (χ2n) is 5.46. The summed E-state index contributed by atoms with van der Waals surface area (Å²) in [6.45, 7) is 5.74. The summed E-state index contributed by atoms with van der Waals surface area (Å²) in [6, 6.07) is 1.87. The monoisotopic (exact) mass is 272 g/mol. The molecule has 0 saturated heterocycles. The van der Waals surface area contributed by atoms with Crippen molar-refractivity contribution in [2.45, 2.75) is 32.9 Å². The van der Waals surface area contributed by atoms with Gasteiger partial charge in [0.1, 0.15) is 11.5 Å². The molecule has 0 aromatic carbocycles. The molecule has 0 saturated carbocycles. The van der Waals surface area contributed by atoms with Crippen LogP contribution in [0, 0.1) is 6.92 Å². The van der Waals surface area contributed by atoms with Gasteiger partial charge in [-0.1, -0.05) is 0 Å². The van der Waals surface area contributed by atoms with Gasteiger partial charge in [-0.2, -0.15) is 10.2 Å². The average Bonchev–Trinajstić information content (AvgIpc) is 2.92. The molecule has 0 spiro atoms. The molecular weight excluding hydrogens is 256 g/mol. The Balaban J connectivity index is 1.99. The molecule has 0 aliphatic carbocycles. The van der Waals surface area contributed by atoms with E-state index >= 15 is 0 Å². The van der Waals surface area contributed by atoms with Crippen LogP contribution in [0.25, 0.3) is 22.4 Å². The summed E-state index contributed by atoms with van der Waals surface area (Å²) in [7, 11) is 0. The molecule has 0 aliphatic heterocycles. The number of aromatic amines is 1. The summed E-state index contributed by atoms with van der Waals surface area (Å²) in [5, 5.41) is 22.2. The van der Waals surface area contributed by atoms with Crippen molar-refractivity contribution in [3.63, 3.8) is 0 Å². The third-order valence-corrected chi connectivity index (χ3v) is 2.88. The first-order chi connectivity index (χ1) is 9.42. The fourth-order valence-electron chi connectivity index (χ4n) is 2.06. The van der Waals surface area contributed by atoms with Crippen molar-refractivity contribution in [1.82, 2.24) is 29.9 Å². The first-order valence-electron chi connectivity index (χ1n) is 6.36. The van der Waals surface area contributed by atoms with Crippen LogP contribution in [0.1, 0.15) is 19.7 Å². The number of hydrogen-bond donors (Lipinski definition) is 2. The van der Waals surface area contributed by atoms with E-state index in [-0.39, 0.29) is 0 Å². The van der Waals surface area contributed by atoms with Gasteiger partial charge in [0.2, 0.25) is 0 Å². The number of fused-ring (bicyclic) bond motifs is 1. The van der Waals surface area contributed by atoms with Crippen LogP contribution >= 0.6 is 0 Å².